The Bertz CT molecular complexity index is 705. The van der Waals surface area contributed by atoms with E-state index in [1.54, 1.807) is 17.1 Å². The highest BCUT2D eigenvalue weighted by molar-refractivity contribution is 5.90. The first kappa shape index (κ1) is 13.9. The maximum Gasteiger partial charge on any atom is 0.435 e. The molecule has 0 bridgehead atoms. The Morgan fingerprint density at radius 2 is 1.78 bits per heavy atom. The van der Waals surface area contributed by atoms with Crippen molar-refractivity contribution in [2.45, 2.75) is 6.17 Å². The predicted molar refractivity (Wildman–Crippen MR) is 86.2 cm³/mol. The molecular formula is C17H17N3O3. The molecule has 2 aromatic rings. The van der Waals surface area contributed by atoms with Crippen molar-refractivity contribution >= 4 is 17.5 Å². The van der Waals surface area contributed by atoms with Crippen molar-refractivity contribution in [1.29, 1.82) is 0 Å². The van der Waals surface area contributed by atoms with Crippen LogP contribution in [0.3, 0.4) is 0 Å². The molecule has 6 nitrogen and oxygen atoms in total. The van der Waals surface area contributed by atoms with E-state index in [1.165, 1.54) is 0 Å². The number of carbonyl (C=O) groups excluding carboxylic acids is 1. The molecular weight excluding hydrogens is 294 g/mol. The number of nitrogens with zero attached hydrogens (tertiary/aromatic N) is 3. The summed E-state index contributed by atoms with van der Waals surface area (Å²) in [5, 5.41) is 1.72. The summed E-state index contributed by atoms with van der Waals surface area (Å²) in [6, 6.07) is 17.5. The van der Waals surface area contributed by atoms with Crippen molar-refractivity contribution in [1.82, 2.24) is 5.06 Å². The topological polar surface area (TPSA) is 45.3 Å². The molecule has 2 fully saturated rings. The van der Waals surface area contributed by atoms with Crippen LogP contribution in [0.5, 0.6) is 5.75 Å². The standard InChI is InChI=1S/C17H17N3O3/c1-22-15-9-7-13(8-10-15)18-11-16-19(12-18)23-17(21)20(16)14-5-3-2-4-6-14/h2-10,16H,11-12H2,1H3. The summed E-state index contributed by atoms with van der Waals surface area (Å²) in [7, 11) is 1.65. The van der Waals surface area contributed by atoms with Crippen LogP contribution in [0.15, 0.2) is 54.6 Å². The lowest BCUT2D eigenvalue weighted by Gasteiger charge is -2.22. The van der Waals surface area contributed by atoms with Gasteiger partial charge >= 0.3 is 6.09 Å². The molecule has 118 valence electrons. The largest absolute Gasteiger partial charge is 0.497 e. The third-order valence-electron chi connectivity index (χ3n) is 4.19. The van der Waals surface area contributed by atoms with Gasteiger partial charge in [0.15, 0.2) is 0 Å². The summed E-state index contributed by atoms with van der Waals surface area (Å²) >= 11 is 0. The van der Waals surface area contributed by atoms with Crippen molar-refractivity contribution in [3.8, 4) is 5.75 Å². The first-order valence-electron chi connectivity index (χ1n) is 7.48. The number of rotatable bonds is 3. The quantitative estimate of drug-likeness (QED) is 0.872. The number of methoxy groups -OCH3 is 1. The normalized spacial score (nSPS) is 20.6. The number of anilines is 2. The van der Waals surface area contributed by atoms with Crippen LogP contribution < -0.4 is 14.5 Å². The molecule has 2 aliphatic heterocycles. The van der Waals surface area contributed by atoms with Crippen LogP contribution in [0, 0.1) is 0 Å². The molecule has 1 atom stereocenters. The first-order valence-corrected chi connectivity index (χ1v) is 7.48. The van der Waals surface area contributed by atoms with E-state index in [4.69, 9.17) is 9.57 Å². The Labute approximate surface area is 134 Å². The fourth-order valence-electron chi connectivity index (χ4n) is 3.02. The van der Waals surface area contributed by atoms with Gasteiger partial charge in [0.2, 0.25) is 0 Å². The second-order valence-electron chi connectivity index (χ2n) is 5.52. The average molecular weight is 311 g/mol. The number of para-hydroxylation sites is 1. The van der Waals surface area contributed by atoms with E-state index in [-0.39, 0.29) is 12.3 Å². The highest BCUT2D eigenvalue weighted by Gasteiger charge is 2.47. The van der Waals surface area contributed by atoms with Crippen LogP contribution in [-0.4, -0.2) is 37.6 Å². The zero-order valence-corrected chi connectivity index (χ0v) is 12.8. The molecule has 2 heterocycles. The number of hydrogen-bond donors (Lipinski definition) is 0. The molecule has 1 amide bonds. The summed E-state index contributed by atoms with van der Waals surface area (Å²) < 4.78 is 5.19. The minimum absolute atomic E-state index is 0.119. The lowest BCUT2D eigenvalue weighted by molar-refractivity contribution is -0.0656. The Hall–Kier alpha value is -2.73. The van der Waals surface area contributed by atoms with Crippen molar-refractivity contribution in [2.24, 2.45) is 0 Å². The number of carbonyl (C=O) groups is 1. The van der Waals surface area contributed by atoms with Gasteiger partial charge in [-0.15, -0.1) is 0 Å². The first-order chi connectivity index (χ1) is 11.3. The predicted octanol–water partition coefficient (Wildman–Crippen LogP) is 2.67. The molecule has 0 saturated carbocycles. The van der Waals surface area contributed by atoms with E-state index in [1.807, 2.05) is 54.6 Å². The molecule has 0 aromatic heterocycles. The van der Waals surface area contributed by atoms with E-state index in [2.05, 4.69) is 4.90 Å². The van der Waals surface area contributed by atoms with E-state index in [0.29, 0.717) is 13.2 Å². The van der Waals surface area contributed by atoms with E-state index < -0.39 is 0 Å². The number of fused-ring (bicyclic) bond motifs is 1. The van der Waals surface area contributed by atoms with Gasteiger partial charge < -0.3 is 14.5 Å². The average Bonchev–Trinajstić information content (AvgIpc) is 3.12. The zero-order valence-electron chi connectivity index (χ0n) is 12.8. The fourth-order valence-corrected chi connectivity index (χ4v) is 3.02. The van der Waals surface area contributed by atoms with Gasteiger partial charge in [0.1, 0.15) is 18.6 Å². The second kappa shape index (κ2) is 5.48. The van der Waals surface area contributed by atoms with Crippen LogP contribution in [0.2, 0.25) is 0 Å². The van der Waals surface area contributed by atoms with E-state index in [0.717, 1.165) is 17.1 Å². The molecule has 4 rings (SSSR count). The highest BCUT2D eigenvalue weighted by atomic mass is 16.7. The molecule has 23 heavy (non-hydrogen) atoms. The van der Waals surface area contributed by atoms with Crippen molar-refractivity contribution < 1.29 is 14.4 Å². The summed E-state index contributed by atoms with van der Waals surface area (Å²) in [5.41, 5.74) is 1.92. The minimum Gasteiger partial charge on any atom is -0.497 e. The van der Waals surface area contributed by atoms with Gasteiger partial charge in [-0.1, -0.05) is 23.3 Å². The molecule has 1 unspecified atom stereocenters. The van der Waals surface area contributed by atoms with Gasteiger partial charge in [-0.2, -0.15) is 0 Å². The van der Waals surface area contributed by atoms with Gasteiger partial charge in [0, 0.05) is 11.4 Å². The molecule has 2 aromatic carbocycles. The van der Waals surface area contributed by atoms with Crippen LogP contribution in [0.25, 0.3) is 0 Å². The van der Waals surface area contributed by atoms with Crippen LogP contribution in [0.4, 0.5) is 16.2 Å². The van der Waals surface area contributed by atoms with Crippen LogP contribution >= 0.6 is 0 Å². The minimum atomic E-state index is -0.324. The number of hydrogen-bond acceptors (Lipinski definition) is 5. The molecule has 0 spiro atoms. The van der Waals surface area contributed by atoms with Crippen molar-refractivity contribution in [3.63, 3.8) is 0 Å². The number of hydroxylamine groups is 2. The van der Waals surface area contributed by atoms with E-state index >= 15 is 0 Å². The molecule has 0 radical (unpaired) electrons. The Morgan fingerprint density at radius 1 is 1.04 bits per heavy atom. The number of amides is 1. The monoisotopic (exact) mass is 311 g/mol. The van der Waals surface area contributed by atoms with Crippen LogP contribution in [0.1, 0.15) is 0 Å². The Balaban J connectivity index is 1.56. The van der Waals surface area contributed by atoms with Crippen LogP contribution in [-0.2, 0) is 4.84 Å². The number of benzene rings is 2. The molecule has 2 saturated heterocycles. The molecule has 2 aliphatic rings. The van der Waals surface area contributed by atoms with E-state index in [9.17, 15) is 4.79 Å². The summed E-state index contributed by atoms with van der Waals surface area (Å²) in [6.45, 7) is 1.24. The molecule has 0 N–H and O–H groups in total. The lowest BCUT2D eigenvalue weighted by Crippen LogP contribution is -2.38. The van der Waals surface area contributed by atoms with Gasteiger partial charge in [0.05, 0.1) is 13.7 Å². The third-order valence-corrected chi connectivity index (χ3v) is 4.19. The highest BCUT2D eigenvalue weighted by Crippen LogP contribution is 2.32. The Kier molecular flexibility index (Phi) is 3.31. The smallest absolute Gasteiger partial charge is 0.435 e. The lowest BCUT2D eigenvalue weighted by atomic mass is 10.2. The summed E-state index contributed by atoms with van der Waals surface area (Å²) in [6.07, 6.45) is -0.442. The fraction of sp³-hybridized carbons (Fsp3) is 0.235. The SMILES string of the molecule is COc1ccc(N2CC3N(C2)OC(=O)N3c2ccccc2)cc1. The number of ether oxygens (including phenoxy) is 1. The van der Waals surface area contributed by atoms with Crippen molar-refractivity contribution in [3.05, 3.63) is 54.6 Å². The molecule has 0 aliphatic carbocycles. The zero-order chi connectivity index (χ0) is 15.8. The van der Waals surface area contributed by atoms with Gasteiger partial charge in [-0.25, -0.2) is 4.79 Å². The summed E-state index contributed by atoms with van der Waals surface area (Å²) in [5.74, 6) is 0.825. The van der Waals surface area contributed by atoms with Gasteiger partial charge in [-0.3, -0.25) is 4.90 Å². The molecule has 6 heteroatoms. The third kappa shape index (κ3) is 2.37. The Morgan fingerprint density at radius 3 is 2.48 bits per heavy atom. The summed E-state index contributed by atoms with van der Waals surface area (Å²) in [4.78, 5) is 21.4. The second-order valence-corrected chi connectivity index (χ2v) is 5.52. The maximum absolute atomic E-state index is 12.1. The maximum atomic E-state index is 12.1. The van der Waals surface area contributed by atoms with Gasteiger partial charge in [-0.05, 0) is 36.4 Å². The van der Waals surface area contributed by atoms with Gasteiger partial charge in [0.25, 0.3) is 0 Å². The van der Waals surface area contributed by atoms with Crippen molar-refractivity contribution in [2.75, 3.05) is 30.1 Å².